The molecule has 2 aromatic carbocycles. The lowest BCUT2D eigenvalue weighted by Crippen LogP contribution is -2.50. The summed E-state index contributed by atoms with van der Waals surface area (Å²) in [5.41, 5.74) is 1.58. The number of rotatable bonds is 5. The standard InChI is InChI=1S/C21H24N4O4S/c1-27-14-4-6-16(18(12-14)29-3)22-20(26)24-8-10-25(11-9-24)21-23-17-7-5-15(28-2)13-19(17)30-21/h4-7,12-13H,8-11H2,1-3H3,(H,22,26). The van der Waals surface area contributed by atoms with E-state index in [1.54, 1.807) is 55.8 Å². The van der Waals surface area contributed by atoms with Gasteiger partial charge in [-0.05, 0) is 30.3 Å². The fraction of sp³-hybridized carbons (Fsp3) is 0.333. The highest BCUT2D eigenvalue weighted by atomic mass is 32.1. The van der Waals surface area contributed by atoms with Gasteiger partial charge in [0, 0.05) is 32.2 Å². The molecule has 8 nitrogen and oxygen atoms in total. The van der Waals surface area contributed by atoms with E-state index in [1.165, 1.54) is 0 Å². The van der Waals surface area contributed by atoms with Gasteiger partial charge >= 0.3 is 6.03 Å². The number of hydrogen-bond acceptors (Lipinski definition) is 7. The van der Waals surface area contributed by atoms with Gasteiger partial charge in [0.15, 0.2) is 5.13 Å². The number of urea groups is 1. The number of fused-ring (bicyclic) bond motifs is 1. The highest BCUT2D eigenvalue weighted by Crippen LogP contribution is 2.32. The number of methoxy groups -OCH3 is 3. The molecule has 30 heavy (non-hydrogen) atoms. The Balaban J connectivity index is 1.39. The first-order valence-corrected chi connectivity index (χ1v) is 10.4. The van der Waals surface area contributed by atoms with Crippen LogP contribution in [0.25, 0.3) is 10.2 Å². The van der Waals surface area contributed by atoms with E-state index < -0.39 is 0 Å². The maximum absolute atomic E-state index is 12.7. The second-order valence-corrected chi connectivity index (χ2v) is 7.81. The minimum Gasteiger partial charge on any atom is -0.497 e. The van der Waals surface area contributed by atoms with Crippen LogP contribution in [0.2, 0.25) is 0 Å². The van der Waals surface area contributed by atoms with Gasteiger partial charge < -0.3 is 29.3 Å². The number of amides is 2. The molecule has 1 fully saturated rings. The third-order valence-electron chi connectivity index (χ3n) is 5.07. The van der Waals surface area contributed by atoms with Crippen molar-refractivity contribution in [3.05, 3.63) is 36.4 Å². The van der Waals surface area contributed by atoms with Crippen molar-refractivity contribution < 1.29 is 19.0 Å². The lowest BCUT2D eigenvalue weighted by Gasteiger charge is -2.34. The minimum atomic E-state index is -0.146. The summed E-state index contributed by atoms with van der Waals surface area (Å²) in [6, 6.07) is 11.1. The number of aromatic nitrogens is 1. The maximum atomic E-state index is 12.7. The van der Waals surface area contributed by atoms with Crippen LogP contribution in [-0.2, 0) is 0 Å². The van der Waals surface area contributed by atoms with Crippen molar-refractivity contribution in [1.29, 1.82) is 0 Å². The van der Waals surface area contributed by atoms with Crippen LogP contribution in [0.15, 0.2) is 36.4 Å². The van der Waals surface area contributed by atoms with E-state index in [4.69, 9.17) is 19.2 Å². The summed E-state index contributed by atoms with van der Waals surface area (Å²) in [4.78, 5) is 21.5. The average molecular weight is 429 g/mol. The second kappa shape index (κ2) is 8.66. The molecule has 1 N–H and O–H groups in total. The minimum absolute atomic E-state index is 0.146. The Bertz CT molecular complexity index is 1050. The number of benzene rings is 2. The molecule has 1 saturated heterocycles. The Morgan fingerprint density at radius 1 is 0.967 bits per heavy atom. The average Bonchev–Trinajstić information content (AvgIpc) is 3.22. The number of piperazine rings is 1. The van der Waals surface area contributed by atoms with Crippen molar-refractivity contribution in [1.82, 2.24) is 9.88 Å². The van der Waals surface area contributed by atoms with E-state index >= 15 is 0 Å². The molecule has 4 rings (SSSR count). The lowest BCUT2D eigenvalue weighted by atomic mass is 10.2. The summed E-state index contributed by atoms with van der Waals surface area (Å²) in [6.07, 6.45) is 0. The zero-order chi connectivity index (χ0) is 21.1. The molecule has 158 valence electrons. The van der Waals surface area contributed by atoms with Gasteiger partial charge in [-0.15, -0.1) is 0 Å². The molecule has 1 aromatic heterocycles. The van der Waals surface area contributed by atoms with E-state index in [9.17, 15) is 4.79 Å². The van der Waals surface area contributed by atoms with Gasteiger partial charge in [-0.1, -0.05) is 11.3 Å². The van der Waals surface area contributed by atoms with Crippen molar-refractivity contribution in [2.45, 2.75) is 0 Å². The largest absolute Gasteiger partial charge is 0.497 e. The number of hydrogen-bond donors (Lipinski definition) is 1. The molecule has 0 unspecified atom stereocenters. The number of carbonyl (C=O) groups is 1. The zero-order valence-corrected chi connectivity index (χ0v) is 18.0. The molecule has 9 heteroatoms. The predicted molar refractivity (Wildman–Crippen MR) is 119 cm³/mol. The summed E-state index contributed by atoms with van der Waals surface area (Å²) < 4.78 is 16.9. The topological polar surface area (TPSA) is 76.2 Å². The number of carbonyl (C=O) groups excluding carboxylic acids is 1. The van der Waals surface area contributed by atoms with E-state index in [0.717, 1.165) is 34.2 Å². The molecule has 1 aliphatic rings. The van der Waals surface area contributed by atoms with Crippen molar-refractivity contribution in [3.8, 4) is 17.2 Å². The van der Waals surface area contributed by atoms with Crippen LogP contribution < -0.4 is 24.4 Å². The monoisotopic (exact) mass is 428 g/mol. The van der Waals surface area contributed by atoms with Crippen molar-refractivity contribution >= 4 is 38.4 Å². The first-order chi connectivity index (χ1) is 14.6. The molecule has 0 saturated carbocycles. The molecule has 2 heterocycles. The number of ether oxygens (including phenoxy) is 3. The normalized spacial score (nSPS) is 14.0. The number of nitrogens with one attached hydrogen (secondary N) is 1. The highest BCUT2D eigenvalue weighted by molar-refractivity contribution is 7.22. The molecule has 0 spiro atoms. The van der Waals surface area contributed by atoms with E-state index in [0.29, 0.717) is 30.3 Å². The van der Waals surface area contributed by atoms with Gasteiger partial charge in [-0.3, -0.25) is 0 Å². The molecule has 0 aliphatic carbocycles. The lowest BCUT2D eigenvalue weighted by molar-refractivity contribution is 0.208. The third-order valence-corrected chi connectivity index (χ3v) is 6.15. The fourth-order valence-corrected chi connectivity index (χ4v) is 4.40. The van der Waals surface area contributed by atoms with Crippen LogP contribution in [0, 0.1) is 0 Å². The van der Waals surface area contributed by atoms with Crippen LogP contribution >= 0.6 is 11.3 Å². The SMILES string of the molecule is COc1ccc(NC(=O)N2CCN(c3nc4ccc(OC)cc4s3)CC2)c(OC)c1. The molecular formula is C21H24N4O4S. The van der Waals surface area contributed by atoms with Crippen molar-refractivity contribution in [2.75, 3.05) is 57.7 Å². The maximum Gasteiger partial charge on any atom is 0.322 e. The predicted octanol–water partition coefficient (Wildman–Crippen LogP) is 3.68. The molecule has 0 atom stereocenters. The molecule has 3 aromatic rings. The molecule has 0 bridgehead atoms. The van der Waals surface area contributed by atoms with Gasteiger partial charge in [-0.25, -0.2) is 9.78 Å². The Hall–Kier alpha value is -3.20. The van der Waals surface area contributed by atoms with E-state index in [-0.39, 0.29) is 6.03 Å². The van der Waals surface area contributed by atoms with Crippen LogP contribution in [0.4, 0.5) is 15.6 Å². The zero-order valence-electron chi connectivity index (χ0n) is 17.2. The smallest absolute Gasteiger partial charge is 0.322 e. The van der Waals surface area contributed by atoms with Crippen LogP contribution in [0.1, 0.15) is 0 Å². The highest BCUT2D eigenvalue weighted by Gasteiger charge is 2.24. The summed E-state index contributed by atoms with van der Waals surface area (Å²) in [7, 11) is 4.82. The molecule has 1 aliphatic heterocycles. The second-order valence-electron chi connectivity index (χ2n) is 6.80. The Kier molecular flexibility index (Phi) is 5.80. The number of thiazole rings is 1. The molecule has 0 radical (unpaired) electrons. The first-order valence-electron chi connectivity index (χ1n) is 9.58. The summed E-state index contributed by atoms with van der Waals surface area (Å²) in [5, 5.41) is 3.90. The van der Waals surface area contributed by atoms with Gasteiger partial charge in [-0.2, -0.15) is 0 Å². The van der Waals surface area contributed by atoms with Gasteiger partial charge in [0.2, 0.25) is 0 Å². The molecule has 2 amide bonds. The van der Waals surface area contributed by atoms with Crippen molar-refractivity contribution in [3.63, 3.8) is 0 Å². The Morgan fingerprint density at radius 2 is 1.67 bits per heavy atom. The van der Waals surface area contributed by atoms with E-state index in [1.807, 2.05) is 18.2 Å². The third kappa shape index (κ3) is 4.06. The van der Waals surface area contributed by atoms with Gasteiger partial charge in [0.1, 0.15) is 17.2 Å². The van der Waals surface area contributed by atoms with Gasteiger partial charge in [0.05, 0.1) is 37.2 Å². The fourth-order valence-electron chi connectivity index (χ4n) is 3.35. The summed E-state index contributed by atoms with van der Waals surface area (Å²) in [5.74, 6) is 2.06. The molecular weight excluding hydrogens is 404 g/mol. The van der Waals surface area contributed by atoms with Gasteiger partial charge in [0.25, 0.3) is 0 Å². The van der Waals surface area contributed by atoms with Crippen molar-refractivity contribution in [2.24, 2.45) is 0 Å². The summed E-state index contributed by atoms with van der Waals surface area (Å²) in [6.45, 7) is 2.68. The first kappa shape index (κ1) is 20.1. The van der Waals surface area contributed by atoms with Crippen LogP contribution in [-0.4, -0.2) is 63.4 Å². The van der Waals surface area contributed by atoms with E-state index in [2.05, 4.69) is 10.2 Å². The summed E-state index contributed by atoms with van der Waals surface area (Å²) >= 11 is 1.64. The number of nitrogens with zero attached hydrogens (tertiary/aromatic N) is 3. The Morgan fingerprint density at radius 3 is 2.37 bits per heavy atom. The van der Waals surface area contributed by atoms with Crippen LogP contribution in [0.3, 0.4) is 0 Å². The quantitative estimate of drug-likeness (QED) is 0.668. The van der Waals surface area contributed by atoms with Crippen LogP contribution in [0.5, 0.6) is 17.2 Å². The Labute approximate surface area is 179 Å². The number of anilines is 2.